The molecule has 1 fully saturated rings. The minimum Gasteiger partial charge on any atom is -0.464 e. The van der Waals surface area contributed by atoms with Crippen LogP contribution >= 0.6 is 0 Å². The van der Waals surface area contributed by atoms with Crippen molar-refractivity contribution < 1.29 is 9.90 Å². The fourth-order valence-corrected chi connectivity index (χ4v) is 2.46. The van der Waals surface area contributed by atoms with Gasteiger partial charge in [-0.25, -0.2) is 4.79 Å². The molecule has 0 radical (unpaired) electrons. The Morgan fingerprint density at radius 3 is 1.96 bits per heavy atom. The van der Waals surface area contributed by atoms with Crippen LogP contribution in [0.15, 0.2) is 29.4 Å². The van der Waals surface area contributed by atoms with Gasteiger partial charge in [-0.2, -0.15) is 10.1 Å². The molecule has 1 saturated carbocycles. The zero-order valence-electron chi connectivity index (χ0n) is 15.1. The molecule has 1 aliphatic carbocycles. The number of carbonyl (C=O) groups is 1. The molecular weight excluding hydrogens is 288 g/mol. The number of hydrazone groups is 1. The van der Waals surface area contributed by atoms with E-state index in [1.807, 2.05) is 20.8 Å². The van der Waals surface area contributed by atoms with Gasteiger partial charge in [0.1, 0.15) is 0 Å². The quantitative estimate of drug-likeness (QED) is 0.638. The molecule has 0 unspecified atom stereocenters. The third-order valence-electron chi connectivity index (χ3n) is 4.04. The van der Waals surface area contributed by atoms with Gasteiger partial charge in [0.15, 0.2) is 0 Å². The van der Waals surface area contributed by atoms with Crippen LogP contribution in [0.3, 0.4) is 0 Å². The molecule has 0 spiro atoms. The van der Waals surface area contributed by atoms with Crippen LogP contribution in [0.5, 0.6) is 0 Å². The second-order valence-corrected chi connectivity index (χ2v) is 8.35. The van der Waals surface area contributed by atoms with E-state index in [0.717, 1.165) is 24.1 Å². The second-order valence-electron chi connectivity index (χ2n) is 8.35. The van der Waals surface area contributed by atoms with Crippen molar-refractivity contribution in [2.45, 2.75) is 65.3 Å². The van der Waals surface area contributed by atoms with Crippen molar-refractivity contribution in [3.8, 4) is 0 Å². The van der Waals surface area contributed by atoms with Gasteiger partial charge < -0.3 is 5.11 Å². The maximum Gasteiger partial charge on any atom is 0.428 e. The summed E-state index contributed by atoms with van der Waals surface area (Å²) in [4.78, 5) is 11.6. The van der Waals surface area contributed by atoms with Crippen LogP contribution < -0.4 is 0 Å². The highest BCUT2D eigenvalue weighted by Gasteiger charge is 2.33. The Morgan fingerprint density at radius 1 is 1.09 bits per heavy atom. The fraction of sp³-hybridized carbons (Fsp3) is 0.579. The maximum atomic E-state index is 11.6. The first kappa shape index (κ1) is 17.5. The van der Waals surface area contributed by atoms with E-state index in [0.29, 0.717) is 5.92 Å². The first-order valence-electron chi connectivity index (χ1n) is 8.23. The van der Waals surface area contributed by atoms with E-state index in [1.165, 1.54) is 10.6 Å². The summed E-state index contributed by atoms with van der Waals surface area (Å²) in [5.74, 6) is 0.375. The molecule has 4 heteroatoms. The minimum absolute atomic E-state index is 0.105. The Bertz CT molecular complexity index is 600. The van der Waals surface area contributed by atoms with E-state index >= 15 is 0 Å². The van der Waals surface area contributed by atoms with Crippen molar-refractivity contribution in [3.63, 3.8) is 0 Å². The molecule has 1 aromatic carbocycles. The lowest BCUT2D eigenvalue weighted by Crippen LogP contribution is -2.42. The average Bonchev–Trinajstić information content (AvgIpc) is 3.21. The number of benzene rings is 1. The molecule has 126 valence electrons. The number of rotatable bonds is 3. The molecule has 0 aliphatic heterocycles. The van der Waals surface area contributed by atoms with Crippen molar-refractivity contribution in [3.05, 3.63) is 35.4 Å². The van der Waals surface area contributed by atoms with Gasteiger partial charge in [-0.05, 0) is 50.2 Å². The van der Waals surface area contributed by atoms with Crippen molar-refractivity contribution >= 4 is 11.8 Å². The Labute approximate surface area is 139 Å². The highest BCUT2D eigenvalue weighted by atomic mass is 16.4. The molecule has 1 aromatic rings. The van der Waals surface area contributed by atoms with Crippen LogP contribution in [0.2, 0.25) is 0 Å². The van der Waals surface area contributed by atoms with Gasteiger partial charge in [-0.3, -0.25) is 0 Å². The molecule has 2 rings (SSSR count). The number of amides is 1. The van der Waals surface area contributed by atoms with Gasteiger partial charge >= 0.3 is 6.09 Å². The summed E-state index contributed by atoms with van der Waals surface area (Å²) >= 11 is 0. The van der Waals surface area contributed by atoms with Crippen LogP contribution in [0.1, 0.15) is 65.5 Å². The van der Waals surface area contributed by atoms with Crippen molar-refractivity contribution in [2.75, 3.05) is 0 Å². The highest BCUT2D eigenvalue weighted by molar-refractivity contribution is 6.04. The van der Waals surface area contributed by atoms with Crippen LogP contribution in [0, 0.1) is 5.92 Å². The predicted molar refractivity (Wildman–Crippen MR) is 94.0 cm³/mol. The van der Waals surface area contributed by atoms with Gasteiger partial charge in [-0.1, -0.05) is 45.0 Å². The Kier molecular flexibility index (Phi) is 4.56. The van der Waals surface area contributed by atoms with Gasteiger partial charge in [-0.15, -0.1) is 0 Å². The summed E-state index contributed by atoms with van der Waals surface area (Å²) in [6.07, 6.45) is 1.15. The zero-order valence-corrected chi connectivity index (χ0v) is 15.1. The summed E-state index contributed by atoms with van der Waals surface area (Å²) in [5, 5.41) is 15.2. The van der Waals surface area contributed by atoms with Crippen molar-refractivity contribution in [2.24, 2.45) is 11.0 Å². The van der Waals surface area contributed by atoms with E-state index in [9.17, 15) is 9.90 Å². The van der Waals surface area contributed by atoms with Crippen molar-refractivity contribution in [1.29, 1.82) is 0 Å². The molecule has 0 bridgehead atoms. The molecular formula is C19H28N2O2. The average molecular weight is 316 g/mol. The number of nitrogens with zero attached hydrogens (tertiary/aromatic N) is 2. The summed E-state index contributed by atoms with van der Waals surface area (Å²) in [7, 11) is 0. The lowest BCUT2D eigenvalue weighted by Gasteiger charge is -2.29. The molecule has 1 N–H and O–H groups in total. The lowest BCUT2D eigenvalue weighted by atomic mass is 9.86. The van der Waals surface area contributed by atoms with Crippen molar-refractivity contribution in [1.82, 2.24) is 5.01 Å². The van der Waals surface area contributed by atoms with Crippen LogP contribution in [-0.4, -0.2) is 27.5 Å². The summed E-state index contributed by atoms with van der Waals surface area (Å²) < 4.78 is 0. The molecule has 23 heavy (non-hydrogen) atoms. The predicted octanol–water partition coefficient (Wildman–Crippen LogP) is 4.88. The van der Waals surface area contributed by atoms with E-state index in [1.54, 1.807) is 0 Å². The SMILES string of the molecule is CC(C)(C)c1ccc(C(=NN(C(=O)O)C(C)(C)C)C2CC2)cc1. The highest BCUT2D eigenvalue weighted by Crippen LogP contribution is 2.35. The number of hydrogen-bond donors (Lipinski definition) is 1. The first-order chi connectivity index (χ1) is 10.5. The van der Waals surface area contributed by atoms with Gasteiger partial charge in [0, 0.05) is 5.92 Å². The fourth-order valence-electron chi connectivity index (χ4n) is 2.46. The Balaban J connectivity index is 2.39. The second kappa shape index (κ2) is 5.99. The van der Waals surface area contributed by atoms with E-state index < -0.39 is 11.6 Å². The largest absolute Gasteiger partial charge is 0.464 e. The summed E-state index contributed by atoms with van der Waals surface area (Å²) in [6, 6.07) is 8.38. The van der Waals surface area contributed by atoms with Crippen LogP contribution in [0.25, 0.3) is 0 Å². The molecule has 0 heterocycles. The summed E-state index contributed by atoms with van der Waals surface area (Å²) in [6.45, 7) is 12.1. The van der Waals surface area contributed by atoms with E-state index in [2.05, 4.69) is 50.1 Å². The summed E-state index contributed by atoms with van der Waals surface area (Å²) in [5.41, 5.74) is 2.73. The third-order valence-corrected chi connectivity index (χ3v) is 4.04. The normalized spacial score (nSPS) is 16.3. The number of carboxylic acid groups (broad SMARTS) is 1. The molecule has 1 aliphatic rings. The van der Waals surface area contributed by atoms with Crippen LogP contribution in [-0.2, 0) is 5.41 Å². The molecule has 0 atom stereocenters. The molecule has 0 saturated heterocycles. The molecule has 4 nitrogen and oxygen atoms in total. The Hall–Kier alpha value is -1.84. The molecule has 0 aromatic heterocycles. The monoisotopic (exact) mass is 316 g/mol. The number of hydrogen-bond acceptors (Lipinski definition) is 2. The van der Waals surface area contributed by atoms with Gasteiger partial charge in [0.25, 0.3) is 0 Å². The lowest BCUT2D eigenvalue weighted by molar-refractivity contribution is 0.103. The first-order valence-corrected chi connectivity index (χ1v) is 8.23. The standard InChI is InChI=1S/C19H28N2O2/c1-18(2,3)15-11-9-14(10-12-15)16(13-7-8-13)20-21(17(22)23)19(4,5)6/h9-13H,7-8H2,1-6H3,(H,22,23). The van der Waals surface area contributed by atoms with E-state index in [-0.39, 0.29) is 5.41 Å². The van der Waals surface area contributed by atoms with Crippen LogP contribution in [0.4, 0.5) is 4.79 Å². The zero-order chi connectivity index (χ0) is 17.4. The topological polar surface area (TPSA) is 52.9 Å². The van der Waals surface area contributed by atoms with Gasteiger partial charge in [0.2, 0.25) is 0 Å². The van der Waals surface area contributed by atoms with Gasteiger partial charge in [0.05, 0.1) is 11.3 Å². The maximum absolute atomic E-state index is 11.6. The van der Waals surface area contributed by atoms with E-state index in [4.69, 9.17) is 0 Å². The third kappa shape index (κ3) is 4.34. The smallest absolute Gasteiger partial charge is 0.428 e. The molecule has 1 amide bonds. The minimum atomic E-state index is -1.01. The Morgan fingerprint density at radius 2 is 1.61 bits per heavy atom.